The zero-order chi connectivity index (χ0) is 13.8. The zero-order valence-corrected chi connectivity index (χ0v) is 12.0. The van der Waals surface area contributed by atoms with E-state index in [1.165, 1.54) is 12.1 Å². The molecule has 2 aromatic rings. The van der Waals surface area contributed by atoms with Crippen molar-refractivity contribution in [2.45, 2.75) is 12.5 Å². The molecule has 1 unspecified atom stereocenters. The largest absolute Gasteiger partial charge is 0.496 e. The van der Waals surface area contributed by atoms with Gasteiger partial charge >= 0.3 is 0 Å². The van der Waals surface area contributed by atoms with Crippen LogP contribution in [-0.4, -0.2) is 12.2 Å². The Labute approximate surface area is 120 Å². The lowest BCUT2D eigenvalue weighted by Gasteiger charge is -2.14. The van der Waals surface area contributed by atoms with Gasteiger partial charge in [0.2, 0.25) is 0 Å². The Bertz CT molecular complexity index is 555. The van der Waals surface area contributed by atoms with Crippen LogP contribution >= 0.6 is 15.9 Å². The Morgan fingerprint density at radius 1 is 1.21 bits per heavy atom. The first-order valence-corrected chi connectivity index (χ1v) is 6.65. The van der Waals surface area contributed by atoms with Crippen molar-refractivity contribution in [2.24, 2.45) is 0 Å². The Morgan fingerprint density at radius 2 is 1.89 bits per heavy atom. The fraction of sp³-hybridized carbons (Fsp3) is 0.200. The summed E-state index contributed by atoms with van der Waals surface area (Å²) in [6.07, 6.45) is -0.280. The van der Waals surface area contributed by atoms with Crippen LogP contribution in [0.4, 0.5) is 4.39 Å². The van der Waals surface area contributed by atoms with Gasteiger partial charge in [-0.15, -0.1) is 0 Å². The van der Waals surface area contributed by atoms with E-state index in [0.717, 1.165) is 15.8 Å². The van der Waals surface area contributed by atoms with Gasteiger partial charge in [-0.1, -0.05) is 28.1 Å². The highest BCUT2D eigenvalue weighted by atomic mass is 79.9. The second-order valence-electron chi connectivity index (χ2n) is 4.23. The monoisotopic (exact) mass is 324 g/mol. The Morgan fingerprint density at radius 3 is 2.53 bits per heavy atom. The van der Waals surface area contributed by atoms with E-state index in [1.807, 2.05) is 18.2 Å². The van der Waals surface area contributed by atoms with Gasteiger partial charge in [-0.2, -0.15) is 0 Å². The number of ether oxygens (including phenoxy) is 1. The third-order valence-electron chi connectivity index (χ3n) is 2.91. The van der Waals surface area contributed by atoms with Crippen molar-refractivity contribution in [3.8, 4) is 5.75 Å². The van der Waals surface area contributed by atoms with E-state index in [0.29, 0.717) is 12.0 Å². The number of methoxy groups -OCH3 is 1. The second-order valence-corrected chi connectivity index (χ2v) is 5.14. The van der Waals surface area contributed by atoms with Crippen LogP contribution in [0.5, 0.6) is 5.75 Å². The molecule has 0 aliphatic carbocycles. The fourth-order valence-corrected chi connectivity index (χ4v) is 2.33. The molecule has 0 radical (unpaired) electrons. The molecule has 4 heteroatoms. The molecule has 2 nitrogen and oxygen atoms in total. The lowest BCUT2D eigenvalue weighted by Crippen LogP contribution is -2.03. The summed E-state index contributed by atoms with van der Waals surface area (Å²) in [6, 6.07) is 11.5. The molecule has 0 heterocycles. The van der Waals surface area contributed by atoms with Crippen molar-refractivity contribution < 1.29 is 14.2 Å². The van der Waals surface area contributed by atoms with Gasteiger partial charge in [0.25, 0.3) is 0 Å². The van der Waals surface area contributed by atoms with Gasteiger partial charge in [-0.3, -0.25) is 0 Å². The lowest BCUT2D eigenvalue weighted by atomic mass is 10.0. The quantitative estimate of drug-likeness (QED) is 0.925. The molecule has 0 saturated heterocycles. The minimum Gasteiger partial charge on any atom is -0.496 e. The first-order valence-electron chi connectivity index (χ1n) is 5.86. The third-order valence-corrected chi connectivity index (χ3v) is 3.40. The molecule has 2 rings (SSSR count). The molecule has 0 saturated carbocycles. The van der Waals surface area contributed by atoms with Gasteiger partial charge in [0.15, 0.2) is 0 Å². The summed E-state index contributed by atoms with van der Waals surface area (Å²) in [6.45, 7) is 0. The zero-order valence-electron chi connectivity index (χ0n) is 10.4. The third kappa shape index (κ3) is 3.55. The Hall–Kier alpha value is -1.39. The summed E-state index contributed by atoms with van der Waals surface area (Å²) < 4.78 is 19.0. The van der Waals surface area contributed by atoms with Gasteiger partial charge < -0.3 is 9.84 Å². The van der Waals surface area contributed by atoms with E-state index < -0.39 is 6.10 Å². The van der Waals surface area contributed by atoms with E-state index in [1.54, 1.807) is 19.2 Å². The molecule has 0 fully saturated rings. The molecular weight excluding hydrogens is 311 g/mol. The molecule has 19 heavy (non-hydrogen) atoms. The first-order chi connectivity index (χ1) is 9.10. The van der Waals surface area contributed by atoms with Crippen molar-refractivity contribution in [3.05, 3.63) is 63.9 Å². The number of rotatable bonds is 4. The van der Waals surface area contributed by atoms with E-state index in [4.69, 9.17) is 4.74 Å². The summed E-state index contributed by atoms with van der Waals surface area (Å²) >= 11 is 3.39. The summed E-state index contributed by atoms with van der Waals surface area (Å²) in [4.78, 5) is 0. The SMILES string of the molecule is COc1ccc(Br)cc1CC(O)c1ccc(F)cc1. The summed E-state index contributed by atoms with van der Waals surface area (Å²) in [5.74, 6) is 0.417. The standard InChI is InChI=1S/C15H14BrFO2/c1-19-15-7-4-12(16)8-11(15)9-14(18)10-2-5-13(17)6-3-10/h2-8,14,18H,9H2,1H3. The second kappa shape index (κ2) is 6.17. The molecule has 0 aromatic heterocycles. The van der Waals surface area contributed by atoms with Crippen LogP contribution in [0.25, 0.3) is 0 Å². The molecule has 2 aromatic carbocycles. The topological polar surface area (TPSA) is 29.5 Å². The predicted molar refractivity (Wildman–Crippen MR) is 75.8 cm³/mol. The average Bonchev–Trinajstić information content (AvgIpc) is 2.39. The van der Waals surface area contributed by atoms with Crippen LogP contribution in [-0.2, 0) is 6.42 Å². The van der Waals surface area contributed by atoms with Crippen molar-refractivity contribution >= 4 is 15.9 Å². The highest BCUT2D eigenvalue weighted by Gasteiger charge is 2.12. The average molecular weight is 325 g/mol. The Balaban J connectivity index is 2.20. The number of hydrogen-bond donors (Lipinski definition) is 1. The van der Waals surface area contributed by atoms with Gasteiger partial charge in [0.05, 0.1) is 13.2 Å². The molecule has 0 aliphatic rings. The maximum absolute atomic E-state index is 12.8. The van der Waals surface area contributed by atoms with Crippen LogP contribution in [0, 0.1) is 5.82 Å². The van der Waals surface area contributed by atoms with Gasteiger partial charge in [-0.25, -0.2) is 4.39 Å². The maximum atomic E-state index is 12.8. The molecule has 1 atom stereocenters. The number of benzene rings is 2. The lowest BCUT2D eigenvalue weighted by molar-refractivity contribution is 0.177. The molecule has 0 bridgehead atoms. The van der Waals surface area contributed by atoms with Crippen molar-refractivity contribution in [2.75, 3.05) is 7.11 Å². The molecule has 0 aliphatic heterocycles. The van der Waals surface area contributed by atoms with E-state index in [2.05, 4.69) is 15.9 Å². The minimum atomic E-state index is -0.691. The highest BCUT2D eigenvalue weighted by molar-refractivity contribution is 9.10. The van der Waals surface area contributed by atoms with Crippen LogP contribution in [0.2, 0.25) is 0 Å². The van der Waals surface area contributed by atoms with Crippen molar-refractivity contribution in [3.63, 3.8) is 0 Å². The highest BCUT2D eigenvalue weighted by Crippen LogP contribution is 2.28. The molecule has 100 valence electrons. The van der Waals surface area contributed by atoms with Gasteiger partial charge in [0.1, 0.15) is 11.6 Å². The number of aliphatic hydroxyl groups is 1. The van der Waals surface area contributed by atoms with E-state index >= 15 is 0 Å². The predicted octanol–water partition coefficient (Wildman–Crippen LogP) is 3.87. The molecule has 1 N–H and O–H groups in total. The normalized spacial score (nSPS) is 12.2. The summed E-state index contributed by atoms with van der Waals surface area (Å²) in [5.41, 5.74) is 1.58. The van der Waals surface area contributed by atoms with Gasteiger partial charge in [0, 0.05) is 10.9 Å². The van der Waals surface area contributed by atoms with Crippen molar-refractivity contribution in [1.82, 2.24) is 0 Å². The minimum absolute atomic E-state index is 0.309. The van der Waals surface area contributed by atoms with Gasteiger partial charge in [-0.05, 0) is 41.5 Å². The fourth-order valence-electron chi connectivity index (χ4n) is 1.92. The molecular formula is C15H14BrFO2. The van der Waals surface area contributed by atoms with Crippen LogP contribution in [0.1, 0.15) is 17.2 Å². The van der Waals surface area contributed by atoms with E-state index in [9.17, 15) is 9.50 Å². The number of halogens is 2. The molecule has 0 spiro atoms. The van der Waals surface area contributed by atoms with E-state index in [-0.39, 0.29) is 5.82 Å². The van der Waals surface area contributed by atoms with Crippen LogP contribution in [0.15, 0.2) is 46.9 Å². The first kappa shape index (κ1) is 14.0. The smallest absolute Gasteiger partial charge is 0.123 e. The van der Waals surface area contributed by atoms with Crippen molar-refractivity contribution in [1.29, 1.82) is 0 Å². The summed E-state index contributed by atoms with van der Waals surface area (Å²) in [5, 5.41) is 10.2. The van der Waals surface area contributed by atoms with Crippen LogP contribution in [0.3, 0.4) is 0 Å². The van der Waals surface area contributed by atoms with Crippen LogP contribution < -0.4 is 4.74 Å². The Kier molecular flexibility index (Phi) is 4.56. The summed E-state index contributed by atoms with van der Waals surface area (Å²) in [7, 11) is 1.59. The number of aliphatic hydroxyl groups excluding tert-OH is 1. The molecule has 0 amide bonds. The maximum Gasteiger partial charge on any atom is 0.123 e. The number of hydrogen-bond acceptors (Lipinski definition) is 2.